The number of aromatic nitrogens is 1. The third-order valence-electron chi connectivity index (χ3n) is 6.37. The molecule has 1 unspecified atom stereocenters. The van der Waals surface area contributed by atoms with Crippen LogP contribution in [0.2, 0.25) is 5.02 Å². The Hall–Kier alpha value is -2.52. The number of hydrogen-bond donors (Lipinski definition) is 2. The van der Waals surface area contributed by atoms with Crippen molar-refractivity contribution in [3.63, 3.8) is 0 Å². The zero-order valence-corrected chi connectivity index (χ0v) is 18.7. The SMILES string of the molecule is Cl.N#Cc1ccc2[nH]cc(CC3CCN(CCc4cc5c(cc4Cl)NC(=O)C5)C3)c2c1. The van der Waals surface area contributed by atoms with Gasteiger partial charge in [-0.05, 0) is 72.7 Å². The molecule has 2 N–H and O–H groups in total. The fraction of sp³-hybridized carbons (Fsp3) is 0.333. The van der Waals surface area contributed by atoms with E-state index in [-0.39, 0.29) is 18.3 Å². The lowest BCUT2D eigenvalue weighted by molar-refractivity contribution is -0.115. The number of hydrogen-bond acceptors (Lipinski definition) is 3. The normalized spacial score (nSPS) is 17.9. The number of carbonyl (C=O) groups excluding carboxylic acids is 1. The first-order valence-electron chi connectivity index (χ1n) is 10.4. The average Bonchev–Trinajstić information content (AvgIpc) is 3.44. The Balaban J connectivity index is 0.00000231. The summed E-state index contributed by atoms with van der Waals surface area (Å²) in [7, 11) is 0. The van der Waals surface area contributed by atoms with E-state index in [1.54, 1.807) is 0 Å². The van der Waals surface area contributed by atoms with E-state index in [0.29, 0.717) is 17.9 Å². The molecule has 1 aromatic heterocycles. The monoisotopic (exact) mass is 454 g/mol. The molecule has 0 spiro atoms. The van der Waals surface area contributed by atoms with Gasteiger partial charge in [-0.3, -0.25) is 4.79 Å². The van der Waals surface area contributed by atoms with E-state index in [2.05, 4.69) is 33.5 Å². The number of nitrogens with one attached hydrogen (secondary N) is 2. The van der Waals surface area contributed by atoms with Crippen molar-refractivity contribution in [2.75, 3.05) is 25.0 Å². The summed E-state index contributed by atoms with van der Waals surface area (Å²) in [5.74, 6) is 0.659. The average molecular weight is 455 g/mol. The minimum absolute atomic E-state index is 0. The number of H-pyrrole nitrogens is 1. The predicted octanol–water partition coefficient (Wildman–Crippen LogP) is 4.72. The van der Waals surface area contributed by atoms with Gasteiger partial charge in [-0.1, -0.05) is 17.7 Å². The molecule has 0 radical (unpaired) electrons. The van der Waals surface area contributed by atoms with Crippen molar-refractivity contribution >= 4 is 46.5 Å². The molecular weight excluding hydrogens is 431 g/mol. The molecule has 31 heavy (non-hydrogen) atoms. The van der Waals surface area contributed by atoms with Crippen molar-refractivity contribution in [1.82, 2.24) is 9.88 Å². The lowest BCUT2D eigenvalue weighted by atomic mass is 9.98. The summed E-state index contributed by atoms with van der Waals surface area (Å²) in [5, 5.41) is 13.9. The van der Waals surface area contributed by atoms with Gasteiger partial charge in [-0.25, -0.2) is 0 Å². The van der Waals surface area contributed by atoms with Gasteiger partial charge < -0.3 is 15.2 Å². The Kier molecular flexibility index (Phi) is 6.24. The van der Waals surface area contributed by atoms with Crippen LogP contribution in [0.1, 0.15) is 28.7 Å². The molecule has 3 heterocycles. The van der Waals surface area contributed by atoms with Gasteiger partial charge >= 0.3 is 0 Å². The third kappa shape index (κ3) is 4.43. The number of amides is 1. The number of anilines is 1. The number of aromatic amines is 1. The highest BCUT2D eigenvalue weighted by Crippen LogP contribution is 2.31. The fourth-order valence-electron chi connectivity index (χ4n) is 4.78. The molecule has 0 saturated carbocycles. The van der Waals surface area contributed by atoms with Crippen molar-refractivity contribution in [2.45, 2.75) is 25.7 Å². The van der Waals surface area contributed by atoms with E-state index >= 15 is 0 Å². The molecule has 0 bridgehead atoms. The quantitative estimate of drug-likeness (QED) is 0.585. The van der Waals surface area contributed by atoms with E-state index in [0.717, 1.165) is 59.8 Å². The van der Waals surface area contributed by atoms with Crippen LogP contribution in [0.15, 0.2) is 36.5 Å². The van der Waals surface area contributed by atoms with Gasteiger partial charge in [0.25, 0.3) is 0 Å². The zero-order valence-electron chi connectivity index (χ0n) is 17.1. The first-order chi connectivity index (χ1) is 14.6. The highest BCUT2D eigenvalue weighted by Gasteiger charge is 2.24. The van der Waals surface area contributed by atoms with Crippen LogP contribution >= 0.6 is 24.0 Å². The summed E-state index contributed by atoms with van der Waals surface area (Å²) in [5.41, 5.74) is 6.13. The molecule has 2 aliphatic rings. The van der Waals surface area contributed by atoms with E-state index in [4.69, 9.17) is 11.6 Å². The van der Waals surface area contributed by atoms with Crippen LogP contribution in [0.25, 0.3) is 10.9 Å². The molecule has 1 amide bonds. The van der Waals surface area contributed by atoms with Gasteiger partial charge in [-0.15, -0.1) is 12.4 Å². The van der Waals surface area contributed by atoms with Gasteiger partial charge in [0, 0.05) is 40.9 Å². The van der Waals surface area contributed by atoms with Crippen LogP contribution in [-0.4, -0.2) is 35.4 Å². The molecule has 3 aromatic rings. The van der Waals surface area contributed by atoms with Gasteiger partial charge in [0.1, 0.15) is 0 Å². The number of benzene rings is 2. The lowest BCUT2D eigenvalue weighted by Gasteiger charge is -2.17. The maximum absolute atomic E-state index is 11.6. The summed E-state index contributed by atoms with van der Waals surface area (Å²) < 4.78 is 0. The number of nitriles is 1. The number of nitrogens with zero attached hydrogens (tertiary/aromatic N) is 2. The Bertz CT molecular complexity index is 1180. The molecule has 1 atom stereocenters. The zero-order chi connectivity index (χ0) is 20.7. The Morgan fingerprint density at radius 1 is 1.23 bits per heavy atom. The van der Waals surface area contributed by atoms with Crippen LogP contribution in [0.4, 0.5) is 5.69 Å². The van der Waals surface area contributed by atoms with Crippen LogP contribution < -0.4 is 5.32 Å². The highest BCUT2D eigenvalue weighted by atomic mass is 35.5. The van der Waals surface area contributed by atoms with Gasteiger partial charge in [0.2, 0.25) is 5.91 Å². The van der Waals surface area contributed by atoms with Crippen molar-refractivity contribution in [3.05, 3.63) is 63.8 Å². The molecule has 5 rings (SSSR count). The first kappa shape index (κ1) is 21.7. The summed E-state index contributed by atoms with van der Waals surface area (Å²) in [6.07, 6.45) is 5.64. The maximum Gasteiger partial charge on any atom is 0.228 e. The summed E-state index contributed by atoms with van der Waals surface area (Å²) in [6, 6.07) is 12.0. The Morgan fingerprint density at radius 2 is 2.10 bits per heavy atom. The van der Waals surface area contributed by atoms with Gasteiger partial charge in [-0.2, -0.15) is 5.26 Å². The van der Waals surface area contributed by atoms with E-state index in [9.17, 15) is 10.1 Å². The van der Waals surface area contributed by atoms with Crippen LogP contribution in [0, 0.1) is 17.2 Å². The van der Waals surface area contributed by atoms with Crippen LogP contribution in [0.5, 0.6) is 0 Å². The Labute approximate surface area is 192 Å². The third-order valence-corrected chi connectivity index (χ3v) is 6.72. The molecular formula is C24H24Cl2N4O. The second-order valence-corrected chi connectivity index (χ2v) is 8.83. The number of fused-ring (bicyclic) bond motifs is 2. The molecule has 2 aliphatic heterocycles. The molecule has 2 aromatic carbocycles. The Morgan fingerprint density at radius 3 is 2.94 bits per heavy atom. The number of carbonyl (C=O) groups is 1. The molecule has 0 aliphatic carbocycles. The summed E-state index contributed by atoms with van der Waals surface area (Å²) in [4.78, 5) is 17.4. The second-order valence-electron chi connectivity index (χ2n) is 8.42. The molecule has 5 nitrogen and oxygen atoms in total. The number of halogens is 2. The van der Waals surface area contributed by atoms with Crippen molar-refractivity contribution in [1.29, 1.82) is 5.26 Å². The fourth-order valence-corrected chi connectivity index (χ4v) is 5.04. The standard InChI is InChI=1S/C24H23ClN4O.ClH/c25-21-11-23-18(10-24(30)28-23)9-17(21)4-6-29-5-3-16(14-29)7-19-13-27-22-2-1-15(12-26)8-20(19)22;/h1-2,8-9,11,13,16,27H,3-7,10,14H2,(H,28,30);1H. The first-order valence-corrected chi connectivity index (χ1v) is 10.8. The maximum atomic E-state index is 11.6. The molecule has 7 heteroatoms. The van der Waals surface area contributed by atoms with Crippen LogP contribution in [0.3, 0.4) is 0 Å². The molecule has 1 fully saturated rings. The minimum atomic E-state index is 0. The minimum Gasteiger partial charge on any atom is -0.361 e. The molecule has 160 valence electrons. The van der Waals surface area contributed by atoms with Crippen LogP contribution in [-0.2, 0) is 24.1 Å². The van der Waals surface area contributed by atoms with Gasteiger partial charge in [0.05, 0.1) is 18.1 Å². The van der Waals surface area contributed by atoms with E-state index in [1.165, 1.54) is 17.4 Å². The molecule has 1 saturated heterocycles. The summed E-state index contributed by atoms with van der Waals surface area (Å²) in [6.45, 7) is 3.15. The smallest absolute Gasteiger partial charge is 0.228 e. The van der Waals surface area contributed by atoms with Crippen molar-refractivity contribution < 1.29 is 4.79 Å². The number of rotatable bonds is 5. The second kappa shape index (κ2) is 8.92. The predicted molar refractivity (Wildman–Crippen MR) is 126 cm³/mol. The van der Waals surface area contributed by atoms with Crippen molar-refractivity contribution in [2.24, 2.45) is 5.92 Å². The van der Waals surface area contributed by atoms with E-state index < -0.39 is 0 Å². The van der Waals surface area contributed by atoms with Crippen molar-refractivity contribution in [3.8, 4) is 6.07 Å². The largest absolute Gasteiger partial charge is 0.361 e. The van der Waals surface area contributed by atoms with Gasteiger partial charge in [0.15, 0.2) is 0 Å². The highest BCUT2D eigenvalue weighted by molar-refractivity contribution is 6.32. The number of likely N-dealkylation sites (tertiary alicyclic amines) is 1. The topological polar surface area (TPSA) is 71.9 Å². The lowest BCUT2D eigenvalue weighted by Crippen LogP contribution is -2.24. The van der Waals surface area contributed by atoms with E-state index in [1.807, 2.05) is 24.3 Å². The summed E-state index contributed by atoms with van der Waals surface area (Å²) >= 11 is 6.45.